The lowest BCUT2D eigenvalue weighted by Gasteiger charge is -2.17. The smallest absolute Gasteiger partial charge is 0.322 e. The second kappa shape index (κ2) is 4.08. The van der Waals surface area contributed by atoms with Gasteiger partial charge in [-0.3, -0.25) is 4.90 Å². The lowest BCUT2D eigenvalue weighted by atomic mass is 10.3. The molecule has 0 aromatic heterocycles. The van der Waals surface area contributed by atoms with E-state index in [1.54, 1.807) is 12.1 Å². The van der Waals surface area contributed by atoms with Crippen molar-refractivity contribution in [2.24, 2.45) is 0 Å². The van der Waals surface area contributed by atoms with Crippen molar-refractivity contribution in [1.29, 1.82) is 0 Å². The minimum atomic E-state index is -0.193. The van der Waals surface area contributed by atoms with Gasteiger partial charge in [-0.1, -0.05) is 34.8 Å². The number of benzene rings is 1. The van der Waals surface area contributed by atoms with Crippen molar-refractivity contribution < 1.29 is 4.79 Å². The van der Waals surface area contributed by atoms with Gasteiger partial charge in [0.25, 0.3) is 0 Å². The van der Waals surface area contributed by atoms with E-state index >= 15 is 0 Å². The van der Waals surface area contributed by atoms with Gasteiger partial charge in [-0.15, -0.1) is 0 Å². The van der Waals surface area contributed by atoms with Crippen LogP contribution in [0.5, 0.6) is 0 Å². The van der Waals surface area contributed by atoms with Crippen molar-refractivity contribution in [3.8, 4) is 0 Å². The van der Waals surface area contributed by atoms with Crippen molar-refractivity contribution in [3.05, 3.63) is 27.2 Å². The maximum Gasteiger partial charge on any atom is 0.322 e. The Bertz CT molecular complexity index is 399. The summed E-state index contributed by atoms with van der Waals surface area (Å²) in [5, 5.41) is 3.88. The van der Waals surface area contributed by atoms with Gasteiger partial charge < -0.3 is 5.32 Å². The number of carbonyl (C=O) groups is 1. The molecular weight excluding hydrogens is 258 g/mol. The normalized spacial score (nSPS) is 15.7. The molecule has 1 N–H and O–H groups in total. The second-order valence-electron chi connectivity index (χ2n) is 3.10. The predicted molar refractivity (Wildman–Crippen MR) is 62.2 cm³/mol. The van der Waals surface area contributed by atoms with Crippen LogP contribution in [-0.4, -0.2) is 19.1 Å². The van der Waals surface area contributed by atoms with E-state index in [1.807, 2.05) is 0 Å². The van der Waals surface area contributed by atoms with Crippen LogP contribution in [0, 0.1) is 0 Å². The van der Waals surface area contributed by atoms with E-state index in [1.165, 1.54) is 4.90 Å². The molecule has 1 aliphatic heterocycles. The minimum Gasteiger partial charge on any atom is -0.336 e. The van der Waals surface area contributed by atoms with Gasteiger partial charge in [-0.05, 0) is 12.1 Å². The number of nitrogens with one attached hydrogen (secondary N) is 1. The number of halogens is 3. The van der Waals surface area contributed by atoms with Crippen molar-refractivity contribution in [3.63, 3.8) is 0 Å². The van der Waals surface area contributed by atoms with Crippen molar-refractivity contribution in [2.75, 3.05) is 18.0 Å². The Morgan fingerprint density at radius 3 is 2.27 bits per heavy atom. The van der Waals surface area contributed by atoms with Gasteiger partial charge >= 0.3 is 6.03 Å². The number of hydrogen-bond acceptors (Lipinski definition) is 1. The zero-order chi connectivity index (χ0) is 11.0. The molecule has 15 heavy (non-hydrogen) atoms. The Kier molecular flexibility index (Phi) is 2.96. The standard InChI is InChI=1S/C9H7Cl3N2O/c10-5-3-6(11)8(7(12)4-5)14-2-1-13-9(14)15/h3-4H,1-2H2,(H,13,15). The molecule has 0 saturated carbocycles. The molecule has 1 aliphatic rings. The highest BCUT2D eigenvalue weighted by Gasteiger charge is 2.25. The van der Waals surface area contributed by atoms with Crippen LogP contribution in [-0.2, 0) is 0 Å². The Balaban J connectivity index is 2.47. The van der Waals surface area contributed by atoms with E-state index < -0.39 is 0 Å². The van der Waals surface area contributed by atoms with E-state index in [9.17, 15) is 4.79 Å². The van der Waals surface area contributed by atoms with Gasteiger partial charge in [0.2, 0.25) is 0 Å². The van der Waals surface area contributed by atoms with Crippen molar-refractivity contribution >= 4 is 46.5 Å². The fourth-order valence-electron chi connectivity index (χ4n) is 1.48. The van der Waals surface area contributed by atoms with Crippen LogP contribution in [0.25, 0.3) is 0 Å². The van der Waals surface area contributed by atoms with Gasteiger partial charge in [0.15, 0.2) is 0 Å². The molecule has 2 rings (SSSR count). The largest absolute Gasteiger partial charge is 0.336 e. The Morgan fingerprint density at radius 1 is 1.20 bits per heavy atom. The summed E-state index contributed by atoms with van der Waals surface area (Å²) in [6.45, 7) is 1.15. The third-order valence-electron chi connectivity index (χ3n) is 2.11. The number of nitrogens with zero attached hydrogens (tertiary/aromatic N) is 1. The Labute approximate surface area is 102 Å². The summed E-state index contributed by atoms with van der Waals surface area (Å²) >= 11 is 17.8. The first-order valence-corrected chi connectivity index (χ1v) is 5.43. The van der Waals surface area contributed by atoms with Crippen molar-refractivity contribution in [1.82, 2.24) is 5.32 Å². The highest BCUT2D eigenvalue weighted by atomic mass is 35.5. The number of rotatable bonds is 1. The molecule has 1 saturated heterocycles. The van der Waals surface area contributed by atoms with Crippen molar-refractivity contribution in [2.45, 2.75) is 0 Å². The molecular formula is C9H7Cl3N2O. The Morgan fingerprint density at radius 2 is 1.80 bits per heavy atom. The zero-order valence-electron chi connectivity index (χ0n) is 7.56. The molecule has 3 nitrogen and oxygen atoms in total. The average Bonchev–Trinajstić information content (AvgIpc) is 2.50. The molecule has 1 fully saturated rings. The molecule has 0 atom stereocenters. The lowest BCUT2D eigenvalue weighted by Crippen LogP contribution is -2.28. The summed E-state index contributed by atoms with van der Waals surface area (Å²) < 4.78 is 0. The third-order valence-corrected chi connectivity index (χ3v) is 2.90. The molecule has 0 spiro atoms. The average molecular weight is 266 g/mol. The quantitative estimate of drug-likeness (QED) is 0.831. The second-order valence-corrected chi connectivity index (χ2v) is 4.35. The summed E-state index contributed by atoms with van der Waals surface area (Å²) in [7, 11) is 0. The molecule has 80 valence electrons. The number of hydrogen-bond donors (Lipinski definition) is 1. The summed E-state index contributed by atoms with van der Waals surface area (Å²) in [5.41, 5.74) is 0.512. The SMILES string of the molecule is O=C1NCCN1c1c(Cl)cc(Cl)cc1Cl. The van der Waals surface area contributed by atoms with Crippen LogP contribution in [0.4, 0.5) is 10.5 Å². The number of amides is 2. The number of urea groups is 1. The van der Waals surface area contributed by atoms with Gasteiger partial charge in [0, 0.05) is 18.1 Å². The fraction of sp³-hybridized carbons (Fsp3) is 0.222. The predicted octanol–water partition coefficient (Wildman–Crippen LogP) is 3.18. The van der Waals surface area contributed by atoms with Crippen LogP contribution in [0.3, 0.4) is 0 Å². The zero-order valence-corrected chi connectivity index (χ0v) is 9.83. The van der Waals surface area contributed by atoms with Crippen LogP contribution in [0.15, 0.2) is 12.1 Å². The molecule has 0 radical (unpaired) electrons. The summed E-state index contributed by atoms with van der Waals surface area (Å²) in [5.74, 6) is 0. The van der Waals surface area contributed by atoms with E-state index in [2.05, 4.69) is 5.32 Å². The molecule has 0 aliphatic carbocycles. The molecule has 6 heteroatoms. The van der Waals surface area contributed by atoms with E-state index in [0.717, 1.165) is 0 Å². The molecule has 0 bridgehead atoms. The fourth-order valence-corrected chi connectivity index (χ4v) is 2.50. The lowest BCUT2D eigenvalue weighted by molar-refractivity contribution is 0.252. The highest BCUT2D eigenvalue weighted by molar-refractivity contribution is 6.42. The first kappa shape index (κ1) is 10.9. The van der Waals surface area contributed by atoms with Gasteiger partial charge in [0.1, 0.15) is 0 Å². The van der Waals surface area contributed by atoms with E-state index in [0.29, 0.717) is 33.8 Å². The molecule has 0 unspecified atom stereocenters. The number of anilines is 1. The minimum absolute atomic E-state index is 0.193. The monoisotopic (exact) mass is 264 g/mol. The van der Waals surface area contributed by atoms with Crippen LogP contribution >= 0.6 is 34.8 Å². The number of carbonyl (C=O) groups excluding carboxylic acids is 1. The van der Waals surface area contributed by atoms with Gasteiger partial charge in [-0.25, -0.2) is 4.79 Å². The summed E-state index contributed by atoms with van der Waals surface area (Å²) in [6.07, 6.45) is 0. The molecule has 1 aromatic rings. The first-order valence-electron chi connectivity index (χ1n) is 4.29. The third kappa shape index (κ3) is 2.00. The van der Waals surface area contributed by atoms with Crippen LogP contribution < -0.4 is 10.2 Å². The summed E-state index contributed by atoms with van der Waals surface area (Å²) in [6, 6.07) is 2.94. The van der Waals surface area contributed by atoms with E-state index in [4.69, 9.17) is 34.8 Å². The van der Waals surface area contributed by atoms with Gasteiger partial charge in [0.05, 0.1) is 15.7 Å². The first-order chi connectivity index (χ1) is 7.09. The Hall–Kier alpha value is -0.640. The molecule has 1 heterocycles. The highest BCUT2D eigenvalue weighted by Crippen LogP contribution is 2.37. The van der Waals surface area contributed by atoms with E-state index in [-0.39, 0.29) is 6.03 Å². The van der Waals surface area contributed by atoms with Crippen LogP contribution in [0.2, 0.25) is 15.1 Å². The topological polar surface area (TPSA) is 32.3 Å². The maximum atomic E-state index is 11.4. The van der Waals surface area contributed by atoms with Crippen LogP contribution in [0.1, 0.15) is 0 Å². The van der Waals surface area contributed by atoms with Gasteiger partial charge in [-0.2, -0.15) is 0 Å². The molecule has 2 amide bonds. The maximum absolute atomic E-state index is 11.4. The summed E-state index contributed by atoms with van der Waals surface area (Å²) in [4.78, 5) is 12.9. The molecule has 1 aromatic carbocycles.